The van der Waals surface area contributed by atoms with E-state index >= 15 is 0 Å². The number of anilines is 3. The highest BCUT2D eigenvalue weighted by molar-refractivity contribution is 5.98. The second kappa shape index (κ2) is 9.99. The molecule has 1 fully saturated rings. The largest absolute Gasteiger partial charge is 0.423 e. The lowest BCUT2D eigenvalue weighted by Crippen LogP contribution is -2.42. The number of nitrogens with two attached hydrogens (primary N) is 1. The summed E-state index contributed by atoms with van der Waals surface area (Å²) < 4.78 is 7.91. The van der Waals surface area contributed by atoms with Crippen molar-refractivity contribution in [1.82, 2.24) is 34.9 Å². The van der Waals surface area contributed by atoms with Gasteiger partial charge in [0.25, 0.3) is 6.01 Å². The lowest BCUT2D eigenvalue weighted by atomic mass is 10.1. The first-order chi connectivity index (χ1) is 18.9. The van der Waals surface area contributed by atoms with Gasteiger partial charge in [0.15, 0.2) is 11.2 Å². The summed E-state index contributed by atoms with van der Waals surface area (Å²) in [5, 5.41) is 11.9. The number of amides is 1. The standard InChI is InChI=1S/C28H31N9O2/c1-16-12-17(2)25-21(13-16)34-28(39-25)33-19-6-4-18(5-7-19)24-23-26(29)31-15-32-27(23)37(35-24)20-8-10-36(11-9-20)22(38)14-30-3/h4-7,12-13,15,20,30H,8-11,14H2,1-3H3,(H,33,34)(H2,29,31,32). The SMILES string of the molecule is CNCC(=O)N1CCC(n2nc(-c3ccc(Nc4nc5cc(C)cc(C)c5o4)cc3)c3c(N)ncnc32)CC1. The molecular formula is C28H31N9O2. The zero-order valence-corrected chi connectivity index (χ0v) is 22.2. The molecule has 1 aliphatic rings. The second-order valence-corrected chi connectivity index (χ2v) is 10.0. The molecule has 5 aromatic rings. The maximum atomic E-state index is 12.3. The molecule has 2 aromatic carbocycles. The van der Waals surface area contributed by atoms with E-state index in [1.165, 1.54) is 6.33 Å². The number of rotatable bonds is 6. The first-order valence-electron chi connectivity index (χ1n) is 13.1. The molecule has 0 radical (unpaired) electrons. The molecule has 200 valence electrons. The minimum atomic E-state index is 0.112. The summed E-state index contributed by atoms with van der Waals surface area (Å²) in [5.74, 6) is 0.507. The van der Waals surface area contributed by atoms with Gasteiger partial charge in [-0.2, -0.15) is 10.1 Å². The van der Waals surface area contributed by atoms with Crippen LogP contribution in [-0.4, -0.2) is 62.2 Å². The molecule has 0 aliphatic carbocycles. The predicted molar refractivity (Wildman–Crippen MR) is 151 cm³/mol. The molecule has 1 amide bonds. The van der Waals surface area contributed by atoms with Crippen LogP contribution in [0.15, 0.2) is 47.1 Å². The van der Waals surface area contributed by atoms with E-state index in [9.17, 15) is 4.79 Å². The Balaban J connectivity index is 1.26. The molecule has 6 rings (SSSR count). The molecule has 4 heterocycles. The van der Waals surface area contributed by atoms with E-state index in [0.29, 0.717) is 37.1 Å². The third-order valence-corrected chi connectivity index (χ3v) is 7.24. The zero-order chi connectivity index (χ0) is 27.1. The fourth-order valence-corrected chi connectivity index (χ4v) is 5.34. The summed E-state index contributed by atoms with van der Waals surface area (Å²) in [5.41, 5.74) is 13.3. The Morgan fingerprint density at radius 1 is 1.13 bits per heavy atom. The van der Waals surface area contributed by atoms with Crippen LogP contribution in [0.25, 0.3) is 33.4 Å². The number of fused-ring (bicyclic) bond motifs is 2. The molecule has 0 bridgehead atoms. The van der Waals surface area contributed by atoms with Crippen molar-refractivity contribution in [3.63, 3.8) is 0 Å². The Labute approximate surface area is 225 Å². The van der Waals surface area contributed by atoms with Crippen LogP contribution in [-0.2, 0) is 4.79 Å². The van der Waals surface area contributed by atoms with Crippen molar-refractivity contribution < 1.29 is 9.21 Å². The van der Waals surface area contributed by atoms with Crippen molar-refractivity contribution in [3.05, 3.63) is 53.9 Å². The van der Waals surface area contributed by atoms with Crippen LogP contribution < -0.4 is 16.4 Å². The monoisotopic (exact) mass is 525 g/mol. The summed E-state index contributed by atoms with van der Waals surface area (Å²) in [4.78, 5) is 27.6. The van der Waals surface area contributed by atoms with Crippen molar-refractivity contribution in [2.24, 2.45) is 0 Å². The molecule has 1 saturated heterocycles. The molecule has 0 atom stereocenters. The average molecular weight is 526 g/mol. The minimum Gasteiger partial charge on any atom is -0.423 e. The molecular weight excluding hydrogens is 494 g/mol. The van der Waals surface area contributed by atoms with Crippen molar-refractivity contribution in [2.45, 2.75) is 32.7 Å². The third-order valence-electron chi connectivity index (χ3n) is 7.24. The van der Waals surface area contributed by atoms with Crippen LogP contribution in [0.2, 0.25) is 0 Å². The number of oxazole rings is 1. The van der Waals surface area contributed by atoms with E-state index in [-0.39, 0.29) is 11.9 Å². The number of aromatic nitrogens is 5. The first-order valence-corrected chi connectivity index (χ1v) is 13.1. The van der Waals surface area contributed by atoms with Gasteiger partial charge in [-0.05, 0) is 63.1 Å². The molecule has 39 heavy (non-hydrogen) atoms. The topological polar surface area (TPSA) is 140 Å². The lowest BCUT2D eigenvalue weighted by Gasteiger charge is -2.32. The number of likely N-dealkylation sites (tertiary alicyclic amines) is 1. The molecule has 1 aliphatic heterocycles. The number of nitrogen functional groups attached to an aromatic ring is 1. The van der Waals surface area contributed by atoms with Gasteiger partial charge in [-0.3, -0.25) is 4.79 Å². The maximum Gasteiger partial charge on any atom is 0.300 e. The third kappa shape index (κ3) is 4.65. The van der Waals surface area contributed by atoms with Gasteiger partial charge in [0.1, 0.15) is 23.4 Å². The van der Waals surface area contributed by atoms with Crippen LogP contribution in [0.4, 0.5) is 17.5 Å². The Morgan fingerprint density at radius 3 is 2.64 bits per heavy atom. The number of hydrogen-bond donors (Lipinski definition) is 3. The number of hydrogen-bond acceptors (Lipinski definition) is 9. The number of nitrogens with zero attached hydrogens (tertiary/aromatic N) is 6. The Bertz CT molecular complexity index is 1660. The van der Waals surface area contributed by atoms with E-state index in [1.807, 2.05) is 53.8 Å². The summed E-state index contributed by atoms with van der Waals surface area (Å²) in [6.45, 7) is 5.77. The van der Waals surface area contributed by atoms with Crippen LogP contribution in [0.1, 0.15) is 30.0 Å². The van der Waals surface area contributed by atoms with Crippen molar-refractivity contribution in [3.8, 4) is 11.3 Å². The minimum absolute atomic E-state index is 0.112. The highest BCUT2D eigenvalue weighted by Gasteiger charge is 2.27. The van der Waals surface area contributed by atoms with Gasteiger partial charge >= 0.3 is 0 Å². The van der Waals surface area contributed by atoms with Gasteiger partial charge in [-0.15, -0.1) is 0 Å². The van der Waals surface area contributed by atoms with Crippen LogP contribution in [0.3, 0.4) is 0 Å². The van der Waals surface area contributed by atoms with E-state index < -0.39 is 0 Å². The summed E-state index contributed by atoms with van der Waals surface area (Å²) >= 11 is 0. The average Bonchev–Trinajstić information content (AvgIpc) is 3.52. The summed E-state index contributed by atoms with van der Waals surface area (Å²) in [6, 6.07) is 12.5. The van der Waals surface area contributed by atoms with Gasteiger partial charge in [-0.1, -0.05) is 18.2 Å². The van der Waals surface area contributed by atoms with Gasteiger partial charge in [0.2, 0.25) is 5.91 Å². The van der Waals surface area contributed by atoms with E-state index in [1.54, 1.807) is 7.05 Å². The van der Waals surface area contributed by atoms with Crippen LogP contribution >= 0.6 is 0 Å². The fraction of sp³-hybridized carbons (Fsp3) is 0.321. The molecule has 0 spiro atoms. The number of likely N-dealkylation sites (N-methyl/N-ethyl adjacent to an activating group) is 1. The fourth-order valence-electron chi connectivity index (χ4n) is 5.34. The molecule has 4 N–H and O–H groups in total. The van der Waals surface area contributed by atoms with Gasteiger partial charge < -0.3 is 25.7 Å². The van der Waals surface area contributed by atoms with Crippen molar-refractivity contribution in [1.29, 1.82) is 0 Å². The van der Waals surface area contributed by atoms with Crippen molar-refractivity contribution in [2.75, 3.05) is 37.7 Å². The highest BCUT2D eigenvalue weighted by atomic mass is 16.4. The van der Waals surface area contributed by atoms with Crippen LogP contribution in [0.5, 0.6) is 0 Å². The number of nitrogens with one attached hydrogen (secondary N) is 2. The lowest BCUT2D eigenvalue weighted by molar-refractivity contribution is -0.131. The molecule has 0 unspecified atom stereocenters. The zero-order valence-electron chi connectivity index (χ0n) is 22.2. The van der Waals surface area contributed by atoms with Gasteiger partial charge in [0.05, 0.1) is 18.0 Å². The summed E-state index contributed by atoms with van der Waals surface area (Å²) in [6.07, 6.45) is 3.06. The van der Waals surface area contributed by atoms with E-state index in [0.717, 1.165) is 57.4 Å². The Morgan fingerprint density at radius 2 is 1.90 bits per heavy atom. The Kier molecular flexibility index (Phi) is 6.35. The number of carbonyl (C=O) groups excluding carboxylic acids is 1. The number of piperidine rings is 1. The number of benzene rings is 2. The normalized spacial score (nSPS) is 14.4. The van der Waals surface area contributed by atoms with E-state index in [4.69, 9.17) is 15.2 Å². The number of carbonyl (C=O) groups is 1. The molecule has 0 saturated carbocycles. The molecule has 11 heteroatoms. The first kappa shape index (κ1) is 24.8. The van der Waals surface area contributed by atoms with Gasteiger partial charge in [0, 0.05) is 24.3 Å². The quantitative estimate of drug-likeness (QED) is 0.300. The smallest absolute Gasteiger partial charge is 0.300 e. The second-order valence-electron chi connectivity index (χ2n) is 10.0. The number of aryl methyl sites for hydroxylation is 2. The van der Waals surface area contributed by atoms with Gasteiger partial charge in [-0.25, -0.2) is 14.6 Å². The predicted octanol–water partition coefficient (Wildman–Crippen LogP) is 3.96. The van der Waals surface area contributed by atoms with Crippen LogP contribution in [0, 0.1) is 13.8 Å². The molecule has 3 aromatic heterocycles. The summed E-state index contributed by atoms with van der Waals surface area (Å²) in [7, 11) is 1.78. The molecule has 11 nitrogen and oxygen atoms in total. The maximum absolute atomic E-state index is 12.3. The van der Waals surface area contributed by atoms with E-state index in [2.05, 4.69) is 31.7 Å². The Hall–Kier alpha value is -4.51. The highest BCUT2D eigenvalue weighted by Crippen LogP contribution is 2.35. The van der Waals surface area contributed by atoms with Crippen molar-refractivity contribution >= 4 is 45.6 Å².